The van der Waals surface area contributed by atoms with Crippen molar-refractivity contribution in [3.05, 3.63) is 49.6 Å². The molecule has 7 heteroatoms. The molecule has 0 fully saturated rings. The summed E-state index contributed by atoms with van der Waals surface area (Å²) in [6.07, 6.45) is 2.63. The minimum Gasteiger partial charge on any atom is -0.345 e. The Bertz CT molecular complexity index is 438. The summed E-state index contributed by atoms with van der Waals surface area (Å²) in [5.74, 6) is 0. The predicted molar refractivity (Wildman–Crippen MR) is 68.7 cm³/mol. The van der Waals surface area contributed by atoms with Crippen molar-refractivity contribution in [3.8, 4) is 0 Å². The van der Waals surface area contributed by atoms with Crippen LogP contribution in [0.2, 0.25) is 10.0 Å². The van der Waals surface area contributed by atoms with E-state index >= 15 is 0 Å². The third kappa shape index (κ3) is 3.92. The molecule has 0 aromatic heterocycles. The molecule has 0 heterocycles. The molecule has 0 aliphatic heterocycles. The van der Waals surface area contributed by atoms with E-state index in [0.717, 1.165) is 6.20 Å². The number of hydrogen-bond acceptors (Lipinski definition) is 4. The van der Waals surface area contributed by atoms with Gasteiger partial charge in [-0.2, -0.15) is 0 Å². The first kappa shape index (κ1) is 13.2. The number of anilines is 1. The van der Waals surface area contributed by atoms with Gasteiger partial charge in [0.1, 0.15) is 5.03 Å². The maximum absolute atomic E-state index is 10.3. The van der Waals surface area contributed by atoms with Crippen molar-refractivity contribution in [1.29, 1.82) is 0 Å². The lowest BCUT2D eigenvalue weighted by molar-refractivity contribution is -0.402. The molecule has 1 rings (SSSR count). The number of nitro groups is 1. The average Bonchev–Trinajstić information content (AvgIpc) is 2.22. The molecule has 0 unspecified atom stereocenters. The van der Waals surface area contributed by atoms with Gasteiger partial charge in [0.05, 0.1) is 15.0 Å². The first-order valence-corrected chi connectivity index (χ1v) is 6.12. The molecule has 16 heavy (non-hydrogen) atoms. The fourth-order valence-electron chi connectivity index (χ4n) is 0.948. The smallest absolute Gasteiger partial charge is 0.264 e. The van der Waals surface area contributed by atoms with Crippen LogP contribution in [0.5, 0.6) is 0 Å². The lowest BCUT2D eigenvalue weighted by atomic mass is 10.3. The first-order valence-electron chi connectivity index (χ1n) is 4.14. The second kappa shape index (κ2) is 5.98. The summed E-state index contributed by atoms with van der Waals surface area (Å²) < 4.78 is 0. The molecule has 0 spiro atoms. The average molecular weight is 279 g/mol. The Kier molecular flexibility index (Phi) is 4.92. The number of halogens is 2. The highest BCUT2D eigenvalue weighted by Crippen LogP contribution is 2.26. The lowest BCUT2D eigenvalue weighted by Gasteiger charge is -2.06. The number of nitrogens with zero attached hydrogens (tertiary/aromatic N) is 1. The van der Waals surface area contributed by atoms with Crippen molar-refractivity contribution in [2.45, 2.75) is 0 Å². The number of nitrogens with one attached hydrogen (secondary N) is 1. The highest BCUT2D eigenvalue weighted by atomic mass is 35.5. The van der Waals surface area contributed by atoms with Crippen LogP contribution in [0, 0.1) is 10.1 Å². The predicted octanol–water partition coefficient (Wildman–Crippen LogP) is 3.84. The van der Waals surface area contributed by atoms with E-state index in [9.17, 15) is 10.1 Å². The molecule has 0 aliphatic carbocycles. The summed E-state index contributed by atoms with van der Waals surface area (Å²) in [6, 6.07) is 4.92. The van der Waals surface area contributed by atoms with Gasteiger partial charge in [-0.15, -0.1) is 11.8 Å². The Balaban J connectivity index is 2.86. The fourth-order valence-corrected chi connectivity index (χ4v) is 1.66. The Morgan fingerprint density at radius 1 is 1.50 bits per heavy atom. The minimum absolute atomic E-state index is 0.397. The molecule has 0 bridgehead atoms. The maximum Gasteiger partial charge on any atom is 0.264 e. The van der Waals surface area contributed by atoms with Crippen LogP contribution in [0.1, 0.15) is 0 Å². The summed E-state index contributed by atoms with van der Waals surface area (Å²) in [5, 5.41) is 14.4. The minimum atomic E-state index is -0.518. The van der Waals surface area contributed by atoms with Gasteiger partial charge in [-0.05, 0) is 24.5 Å². The van der Waals surface area contributed by atoms with Gasteiger partial charge in [0.25, 0.3) is 6.20 Å². The third-order valence-corrected chi connectivity index (χ3v) is 3.02. The van der Waals surface area contributed by atoms with Gasteiger partial charge >= 0.3 is 0 Å². The van der Waals surface area contributed by atoms with Crippen molar-refractivity contribution < 1.29 is 4.92 Å². The third-order valence-electron chi connectivity index (χ3n) is 1.63. The van der Waals surface area contributed by atoms with Crippen molar-refractivity contribution in [2.24, 2.45) is 0 Å². The van der Waals surface area contributed by atoms with Crippen LogP contribution >= 0.6 is 35.0 Å². The summed E-state index contributed by atoms with van der Waals surface area (Å²) in [4.78, 5) is 9.79. The molecular formula is C9H8Cl2N2O2S. The SMILES string of the molecule is CS/C(=C\[N+](=O)[O-])Nc1ccc(Cl)c(Cl)c1. The molecule has 0 aliphatic rings. The van der Waals surface area contributed by atoms with Gasteiger partial charge in [0, 0.05) is 5.69 Å². The summed E-state index contributed by atoms with van der Waals surface area (Å²) in [6.45, 7) is 0. The van der Waals surface area contributed by atoms with Gasteiger partial charge in [-0.1, -0.05) is 23.2 Å². The van der Waals surface area contributed by atoms with Gasteiger partial charge in [-0.3, -0.25) is 10.1 Å². The van der Waals surface area contributed by atoms with E-state index in [2.05, 4.69) is 5.32 Å². The molecule has 4 nitrogen and oxygen atoms in total. The van der Waals surface area contributed by atoms with Gasteiger partial charge in [-0.25, -0.2) is 0 Å². The van der Waals surface area contributed by atoms with Crippen molar-refractivity contribution in [3.63, 3.8) is 0 Å². The van der Waals surface area contributed by atoms with Crippen molar-refractivity contribution in [2.75, 3.05) is 11.6 Å². The zero-order chi connectivity index (χ0) is 12.1. The number of rotatable bonds is 4. The van der Waals surface area contributed by atoms with Crippen LogP contribution in [-0.2, 0) is 0 Å². The first-order chi connectivity index (χ1) is 7.52. The van der Waals surface area contributed by atoms with Crippen molar-refractivity contribution >= 4 is 40.7 Å². The molecule has 0 amide bonds. The summed E-state index contributed by atoms with van der Waals surface area (Å²) >= 11 is 12.8. The van der Waals surface area contributed by atoms with Gasteiger partial charge in [0.2, 0.25) is 0 Å². The van der Waals surface area contributed by atoms with Crippen LogP contribution in [-0.4, -0.2) is 11.2 Å². The maximum atomic E-state index is 10.3. The molecule has 86 valence electrons. The zero-order valence-electron chi connectivity index (χ0n) is 8.24. The highest BCUT2D eigenvalue weighted by molar-refractivity contribution is 8.02. The quantitative estimate of drug-likeness (QED) is 0.672. The van der Waals surface area contributed by atoms with E-state index in [1.807, 2.05) is 0 Å². The lowest BCUT2D eigenvalue weighted by Crippen LogP contribution is -1.98. The largest absolute Gasteiger partial charge is 0.345 e. The van der Waals surface area contributed by atoms with E-state index in [1.165, 1.54) is 11.8 Å². The van der Waals surface area contributed by atoms with Gasteiger partial charge in [0.15, 0.2) is 0 Å². The monoisotopic (exact) mass is 278 g/mol. The molecule has 0 radical (unpaired) electrons. The number of hydrogen-bond donors (Lipinski definition) is 1. The molecule has 1 aromatic carbocycles. The molecular weight excluding hydrogens is 271 g/mol. The van der Waals surface area contributed by atoms with Crippen LogP contribution in [0.15, 0.2) is 29.4 Å². The topological polar surface area (TPSA) is 55.2 Å². The van der Waals surface area contributed by atoms with Gasteiger partial charge < -0.3 is 5.32 Å². The molecule has 0 saturated carbocycles. The van der Waals surface area contributed by atoms with Crippen molar-refractivity contribution in [1.82, 2.24) is 0 Å². The van der Waals surface area contributed by atoms with Crippen LogP contribution in [0.4, 0.5) is 5.69 Å². The van der Waals surface area contributed by atoms with Crippen LogP contribution < -0.4 is 5.32 Å². The normalized spacial score (nSPS) is 11.3. The summed E-state index contributed by atoms with van der Waals surface area (Å²) in [7, 11) is 0. The Labute approximate surface area is 107 Å². The Morgan fingerprint density at radius 2 is 2.19 bits per heavy atom. The van der Waals surface area contributed by atoms with E-state index < -0.39 is 4.92 Å². The molecule has 1 aromatic rings. The van der Waals surface area contributed by atoms with E-state index in [4.69, 9.17) is 23.2 Å². The Hall–Kier alpha value is -0.910. The second-order valence-electron chi connectivity index (χ2n) is 2.74. The second-order valence-corrected chi connectivity index (χ2v) is 4.40. The van der Waals surface area contributed by atoms with Crippen LogP contribution in [0.3, 0.4) is 0 Å². The summed E-state index contributed by atoms with van der Waals surface area (Å²) in [5.41, 5.74) is 0.650. The number of benzene rings is 1. The molecule has 1 N–H and O–H groups in total. The van der Waals surface area contributed by atoms with Crippen LogP contribution in [0.25, 0.3) is 0 Å². The Morgan fingerprint density at radius 3 is 2.69 bits per heavy atom. The van der Waals surface area contributed by atoms with E-state index in [0.29, 0.717) is 20.8 Å². The van der Waals surface area contributed by atoms with E-state index in [1.54, 1.807) is 24.5 Å². The standard InChI is InChI=1S/C9H8Cl2N2O2S/c1-16-9(5-13(14)15)12-6-2-3-7(10)8(11)4-6/h2-5,12H,1H3/b9-5-. The number of thioether (sulfide) groups is 1. The zero-order valence-corrected chi connectivity index (χ0v) is 10.6. The fraction of sp³-hybridized carbons (Fsp3) is 0.111. The molecule has 0 atom stereocenters. The van der Waals surface area contributed by atoms with E-state index in [-0.39, 0.29) is 0 Å². The molecule has 0 saturated heterocycles. The highest BCUT2D eigenvalue weighted by Gasteiger charge is 2.04.